The molecular weight excluding hydrogens is 477 g/mol. The first-order valence-corrected chi connectivity index (χ1v) is 11.5. The number of rotatable bonds is 6. The maximum Gasteiger partial charge on any atom is 0.243 e. The summed E-state index contributed by atoms with van der Waals surface area (Å²) in [6.07, 6.45) is 1.72. The number of hydrogen-bond acceptors (Lipinski definition) is 5. The molecule has 11 heteroatoms. The Kier molecular flexibility index (Phi) is 7.16. The van der Waals surface area contributed by atoms with Crippen molar-refractivity contribution in [3.8, 4) is 0 Å². The zero-order valence-corrected chi connectivity index (χ0v) is 18.9. The molecule has 1 aliphatic rings. The van der Waals surface area contributed by atoms with E-state index in [4.69, 9.17) is 16.6 Å². The third-order valence-electron chi connectivity index (χ3n) is 5.43. The molecule has 3 aromatic rings. The van der Waals surface area contributed by atoms with Gasteiger partial charge in [0.1, 0.15) is 0 Å². The summed E-state index contributed by atoms with van der Waals surface area (Å²) in [5.41, 5.74) is 0.401. The number of likely N-dealkylation sites (tertiary alicyclic amines) is 1. The first-order valence-electron chi connectivity index (χ1n) is 10.3. The average Bonchev–Trinajstić information content (AvgIpc) is 3.22. The summed E-state index contributed by atoms with van der Waals surface area (Å²) >= 11 is 7.69. The molecule has 1 saturated heterocycles. The van der Waals surface area contributed by atoms with Gasteiger partial charge in [-0.3, -0.25) is 14.5 Å². The first kappa shape index (κ1) is 23.5. The molecule has 0 unspecified atom stereocenters. The minimum atomic E-state index is -1.67. The van der Waals surface area contributed by atoms with E-state index >= 15 is 0 Å². The van der Waals surface area contributed by atoms with Crippen molar-refractivity contribution in [3.63, 3.8) is 0 Å². The summed E-state index contributed by atoms with van der Waals surface area (Å²) in [6.45, 7) is 1.12. The topological polar surface area (TPSA) is 74.3 Å². The molecule has 0 saturated carbocycles. The summed E-state index contributed by atoms with van der Waals surface area (Å²) in [5, 5.41) is 6.29. The highest BCUT2D eigenvalue weighted by Crippen LogP contribution is 2.34. The Hall–Kier alpha value is -2.69. The lowest BCUT2D eigenvalue weighted by atomic mass is 9.97. The van der Waals surface area contributed by atoms with E-state index in [1.165, 1.54) is 0 Å². The SMILES string of the molecule is O=C(CN1CCC(c2nc3cc(Cl)ccc3s2)CC1)NCC(=O)Nc1ccc(F)c(F)c1F. The second kappa shape index (κ2) is 10.1. The molecule has 0 atom stereocenters. The Balaban J connectivity index is 1.22. The number of thiazole rings is 1. The summed E-state index contributed by atoms with van der Waals surface area (Å²) < 4.78 is 40.9. The van der Waals surface area contributed by atoms with Gasteiger partial charge in [0.2, 0.25) is 11.8 Å². The van der Waals surface area contributed by atoms with Crippen LogP contribution in [0.3, 0.4) is 0 Å². The number of aromatic nitrogens is 1. The molecule has 0 bridgehead atoms. The Morgan fingerprint density at radius 1 is 1.09 bits per heavy atom. The van der Waals surface area contributed by atoms with Crippen molar-refractivity contribution in [2.24, 2.45) is 0 Å². The van der Waals surface area contributed by atoms with Crippen LogP contribution in [-0.2, 0) is 9.59 Å². The van der Waals surface area contributed by atoms with Gasteiger partial charge in [-0.2, -0.15) is 0 Å². The minimum Gasteiger partial charge on any atom is -0.346 e. The quantitative estimate of drug-likeness (QED) is 0.499. The minimum absolute atomic E-state index is 0.120. The molecule has 4 rings (SSSR count). The lowest BCUT2D eigenvalue weighted by Crippen LogP contribution is -2.43. The molecule has 33 heavy (non-hydrogen) atoms. The smallest absolute Gasteiger partial charge is 0.243 e. The van der Waals surface area contributed by atoms with Crippen molar-refractivity contribution in [2.45, 2.75) is 18.8 Å². The van der Waals surface area contributed by atoms with E-state index in [0.717, 1.165) is 34.1 Å². The molecule has 0 aliphatic carbocycles. The van der Waals surface area contributed by atoms with Gasteiger partial charge in [0.05, 0.1) is 34.0 Å². The zero-order valence-electron chi connectivity index (χ0n) is 17.3. The molecule has 1 aliphatic heterocycles. The number of nitrogens with zero attached hydrogens (tertiary/aromatic N) is 2. The number of piperidine rings is 1. The molecule has 2 aromatic carbocycles. The maximum atomic E-state index is 13.6. The number of amides is 2. The van der Waals surface area contributed by atoms with Crippen molar-refractivity contribution in [2.75, 3.05) is 31.5 Å². The maximum absolute atomic E-state index is 13.6. The monoisotopic (exact) mass is 496 g/mol. The zero-order chi connectivity index (χ0) is 23.5. The lowest BCUT2D eigenvalue weighted by Gasteiger charge is -2.30. The van der Waals surface area contributed by atoms with Gasteiger partial charge >= 0.3 is 0 Å². The predicted octanol–water partition coefficient (Wildman–Crippen LogP) is 4.30. The third-order valence-corrected chi connectivity index (χ3v) is 6.86. The van der Waals surface area contributed by atoms with E-state index in [-0.39, 0.29) is 12.5 Å². The second-order valence-electron chi connectivity index (χ2n) is 7.76. The molecule has 1 fully saturated rings. The third kappa shape index (κ3) is 5.63. The number of anilines is 1. The Morgan fingerprint density at radius 3 is 2.61 bits per heavy atom. The number of halogens is 4. The van der Waals surface area contributed by atoms with Crippen LogP contribution in [0.1, 0.15) is 23.8 Å². The van der Waals surface area contributed by atoms with Crippen LogP contribution in [0.15, 0.2) is 30.3 Å². The predicted molar refractivity (Wildman–Crippen MR) is 121 cm³/mol. The summed E-state index contributed by atoms with van der Waals surface area (Å²) in [7, 11) is 0. The number of nitrogens with one attached hydrogen (secondary N) is 2. The molecule has 1 aromatic heterocycles. The highest BCUT2D eigenvalue weighted by atomic mass is 35.5. The summed E-state index contributed by atoms with van der Waals surface area (Å²) in [4.78, 5) is 30.8. The standard InChI is InChI=1S/C22H20ClF3N4O2S/c23-13-1-4-17-16(9-13)29-22(33-17)12-5-7-30(8-6-12)11-19(32)27-10-18(31)28-15-3-2-14(24)20(25)21(15)26/h1-4,9,12H,5-8,10-11H2,(H,27,32)(H,28,31). The van der Waals surface area contributed by atoms with E-state index in [0.29, 0.717) is 30.1 Å². The molecule has 2 N–H and O–H groups in total. The van der Waals surface area contributed by atoms with Crippen LogP contribution in [0, 0.1) is 17.5 Å². The Labute approximate surface area is 196 Å². The van der Waals surface area contributed by atoms with Crippen molar-refractivity contribution in [1.82, 2.24) is 15.2 Å². The van der Waals surface area contributed by atoms with Crippen molar-refractivity contribution in [1.29, 1.82) is 0 Å². The normalized spacial score (nSPS) is 15.0. The Bertz CT molecular complexity index is 1200. The largest absolute Gasteiger partial charge is 0.346 e. The lowest BCUT2D eigenvalue weighted by molar-refractivity contribution is -0.125. The number of hydrogen-bond donors (Lipinski definition) is 2. The number of fused-ring (bicyclic) bond motifs is 1. The van der Waals surface area contributed by atoms with E-state index in [2.05, 4.69) is 10.6 Å². The van der Waals surface area contributed by atoms with Gasteiger partial charge in [-0.25, -0.2) is 18.2 Å². The van der Waals surface area contributed by atoms with Crippen molar-refractivity contribution >= 4 is 50.7 Å². The Morgan fingerprint density at radius 2 is 1.85 bits per heavy atom. The molecule has 6 nitrogen and oxygen atoms in total. The fourth-order valence-electron chi connectivity index (χ4n) is 3.69. The number of carbonyl (C=O) groups excluding carboxylic acids is 2. The van der Waals surface area contributed by atoms with Crippen molar-refractivity contribution in [3.05, 3.63) is 57.8 Å². The molecule has 174 valence electrons. The highest BCUT2D eigenvalue weighted by molar-refractivity contribution is 7.18. The number of benzene rings is 2. The van der Waals surface area contributed by atoms with E-state index in [1.54, 1.807) is 11.3 Å². The molecule has 0 radical (unpaired) electrons. The van der Waals surface area contributed by atoms with Gasteiger partial charge < -0.3 is 10.6 Å². The highest BCUT2D eigenvalue weighted by Gasteiger charge is 2.24. The van der Waals surface area contributed by atoms with Gasteiger partial charge in [0, 0.05) is 10.9 Å². The second-order valence-corrected chi connectivity index (χ2v) is 9.26. The van der Waals surface area contributed by atoms with E-state index in [1.807, 2.05) is 23.1 Å². The molecule has 2 amide bonds. The van der Waals surface area contributed by atoms with Gasteiger partial charge in [0.15, 0.2) is 17.5 Å². The molecule has 2 heterocycles. The molecule has 0 spiro atoms. The van der Waals surface area contributed by atoms with Gasteiger partial charge in [-0.15, -0.1) is 11.3 Å². The van der Waals surface area contributed by atoms with Crippen molar-refractivity contribution < 1.29 is 22.8 Å². The fraction of sp³-hybridized carbons (Fsp3) is 0.318. The summed E-state index contributed by atoms with van der Waals surface area (Å²) in [6, 6.07) is 7.29. The fourth-order valence-corrected chi connectivity index (χ4v) is 4.97. The van der Waals surface area contributed by atoms with Gasteiger partial charge in [-0.05, 0) is 56.3 Å². The van der Waals surface area contributed by atoms with Crippen LogP contribution >= 0.6 is 22.9 Å². The first-order chi connectivity index (χ1) is 15.8. The van der Waals surface area contributed by atoms with Gasteiger partial charge in [0.25, 0.3) is 0 Å². The van der Waals surface area contributed by atoms with E-state index in [9.17, 15) is 22.8 Å². The van der Waals surface area contributed by atoms with Crippen LogP contribution in [-0.4, -0.2) is 47.9 Å². The van der Waals surface area contributed by atoms with Crippen LogP contribution in [0.2, 0.25) is 5.02 Å². The van der Waals surface area contributed by atoms with Crippen LogP contribution < -0.4 is 10.6 Å². The molecular formula is C22H20ClF3N4O2S. The van der Waals surface area contributed by atoms with Gasteiger partial charge in [-0.1, -0.05) is 11.6 Å². The van der Waals surface area contributed by atoms with E-state index < -0.39 is 35.6 Å². The average molecular weight is 497 g/mol. The summed E-state index contributed by atoms with van der Waals surface area (Å²) in [5.74, 6) is -5.30. The van der Waals surface area contributed by atoms with Crippen LogP contribution in [0.25, 0.3) is 10.2 Å². The van der Waals surface area contributed by atoms with Crippen LogP contribution in [0.5, 0.6) is 0 Å². The number of carbonyl (C=O) groups is 2. The van der Waals surface area contributed by atoms with Crippen LogP contribution in [0.4, 0.5) is 18.9 Å².